The summed E-state index contributed by atoms with van der Waals surface area (Å²) in [5.41, 5.74) is 1.93. The van der Waals surface area contributed by atoms with Crippen LogP contribution in [0.3, 0.4) is 0 Å². The van der Waals surface area contributed by atoms with Crippen molar-refractivity contribution in [2.75, 3.05) is 28.7 Å². The van der Waals surface area contributed by atoms with Crippen LogP contribution in [0.1, 0.15) is 24.2 Å². The van der Waals surface area contributed by atoms with E-state index in [1.165, 1.54) is 14.0 Å². The van der Waals surface area contributed by atoms with Crippen LogP contribution in [0.5, 0.6) is 5.75 Å². The molecule has 174 valence electrons. The van der Waals surface area contributed by atoms with Crippen molar-refractivity contribution in [3.63, 3.8) is 0 Å². The zero-order valence-electron chi connectivity index (χ0n) is 18.1. The van der Waals surface area contributed by atoms with Crippen molar-refractivity contribution in [1.82, 2.24) is 10.2 Å². The molecular formula is C21H22N4O6S2. The molecule has 0 saturated heterocycles. The molecule has 1 amide bonds. The minimum absolute atomic E-state index is 0.0239. The Bertz CT molecular complexity index is 1260. The molecule has 33 heavy (non-hydrogen) atoms. The summed E-state index contributed by atoms with van der Waals surface area (Å²) in [5.74, 6) is 0.236. The number of methoxy groups -OCH3 is 1. The third-order valence-corrected chi connectivity index (χ3v) is 6.48. The van der Waals surface area contributed by atoms with Crippen LogP contribution in [0, 0.1) is 0 Å². The highest BCUT2D eigenvalue weighted by molar-refractivity contribution is 7.99. The molecule has 0 aliphatic carbocycles. The van der Waals surface area contributed by atoms with Crippen molar-refractivity contribution in [1.29, 1.82) is 0 Å². The van der Waals surface area contributed by atoms with Crippen molar-refractivity contribution in [3.05, 3.63) is 48.0 Å². The summed E-state index contributed by atoms with van der Waals surface area (Å²) in [5, 5.41) is 10.8. The largest absolute Gasteiger partial charge is 0.495 e. The Kier molecular flexibility index (Phi) is 7.71. The van der Waals surface area contributed by atoms with Gasteiger partial charge >= 0.3 is 0 Å². The maximum Gasteiger partial charge on any atom is 0.277 e. The molecule has 1 aromatic heterocycles. The molecule has 0 atom stereocenters. The number of sulfonamides is 1. The van der Waals surface area contributed by atoms with E-state index in [4.69, 9.17) is 9.15 Å². The minimum Gasteiger partial charge on any atom is -0.495 e. The Morgan fingerprint density at radius 3 is 2.48 bits per heavy atom. The molecule has 0 aliphatic rings. The molecule has 0 aliphatic heterocycles. The van der Waals surface area contributed by atoms with E-state index in [9.17, 15) is 18.0 Å². The van der Waals surface area contributed by atoms with Crippen molar-refractivity contribution in [2.24, 2.45) is 0 Å². The zero-order valence-corrected chi connectivity index (χ0v) is 19.7. The highest BCUT2D eigenvalue weighted by atomic mass is 32.2. The summed E-state index contributed by atoms with van der Waals surface area (Å²) >= 11 is 1.09. The van der Waals surface area contributed by atoms with Crippen LogP contribution >= 0.6 is 11.8 Å². The summed E-state index contributed by atoms with van der Waals surface area (Å²) in [6.07, 6.45) is 0. The molecule has 12 heteroatoms. The van der Waals surface area contributed by atoms with E-state index in [1.807, 2.05) is 0 Å². The smallest absolute Gasteiger partial charge is 0.277 e. The number of hydrogen-bond donors (Lipinski definition) is 2. The summed E-state index contributed by atoms with van der Waals surface area (Å²) in [6.45, 7) is 2.94. The van der Waals surface area contributed by atoms with E-state index < -0.39 is 10.0 Å². The predicted molar refractivity (Wildman–Crippen MR) is 125 cm³/mol. The number of rotatable bonds is 10. The van der Waals surface area contributed by atoms with Gasteiger partial charge < -0.3 is 14.5 Å². The van der Waals surface area contributed by atoms with Gasteiger partial charge in [0.25, 0.3) is 5.22 Å². The van der Waals surface area contributed by atoms with Gasteiger partial charge in [-0.1, -0.05) is 11.8 Å². The normalized spacial score (nSPS) is 11.1. The lowest BCUT2D eigenvalue weighted by molar-refractivity contribution is -0.114. The first-order chi connectivity index (χ1) is 15.7. The van der Waals surface area contributed by atoms with E-state index in [0.717, 1.165) is 11.8 Å². The standard InChI is InChI=1S/C21H22N4O6S2/c1-4-33(28,29)25-16-8-5-14(6-9-16)20-23-24-21(31-20)32-12-18(27)15-7-10-17(22-13(2)26)19(11-15)30-3/h5-11,25H,4,12H2,1-3H3,(H,22,26). The molecule has 3 aromatic rings. The first-order valence-electron chi connectivity index (χ1n) is 9.77. The first kappa shape index (κ1) is 24.3. The number of nitrogens with zero attached hydrogens (tertiary/aromatic N) is 2. The van der Waals surface area contributed by atoms with Gasteiger partial charge in [-0.25, -0.2) is 8.42 Å². The average Bonchev–Trinajstić information content (AvgIpc) is 3.26. The highest BCUT2D eigenvalue weighted by Crippen LogP contribution is 2.28. The number of ketones is 1. The van der Waals surface area contributed by atoms with Crippen LogP contribution in [-0.2, 0) is 14.8 Å². The Balaban J connectivity index is 1.63. The topological polar surface area (TPSA) is 140 Å². The Morgan fingerprint density at radius 1 is 1.12 bits per heavy atom. The minimum atomic E-state index is -3.36. The number of amides is 1. The lowest BCUT2D eigenvalue weighted by Gasteiger charge is -2.10. The van der Waals surface area contributed by atoms with E-state index in [-0.39, 0.29) is 34.3 Å². The molecule has 0 unspecified atom stereocenters. The van der Waals surface area contributed by atoms with Crippen LogP contribution in [0.2, 0.25) is 0 Å². The lowest BCUT2D eigenvalue weighted by atomic mass is 10.1. The lowest BCUT2D eigenvalue weighted by Crippen LogP contribution is -2.14. The highest BCUT2D eigenvalue weighted by Gasteiger charge is 2.15. The molecule has 0 radical (unpaired) electrons. The molecule has 0 spiro atoms. The number of carbonyl (C=O) groups excluding carboxylic acids is 2. The van der Waals surface area contributed by atoms with Gasteiger partial charge in [0.2, 0.25) is 21.8 Å². The van der Waals surface area contributed by atoms with Crippen LogP contribution < -0.4 is 14.8 Å². The van der Waals surface area contributed by atoms with Gasteiger partial charge in [-0.05, 0) is 49.4 Å². The van der Waals surface area contributed by atoms with Crippen LogP contribution in [0.4, 0.5) is 11.4 Å². The van der Waals surface area contributed by atoms with Crippen LogP contribution in [0.15, 0.2) is 52.1 Å². The quantitative estimate of drug-likeness (QED) is 0.323. The predicted octanol–water partition coefficient (Wildman–Crippen LogP) is 3.44. The fourth-order valence-corrected chi connectivity index (χ4v) is 3.98. The second kappa shape index (κ2) is 10.5. The molecule has 2 N–H and O–H groups in total. The van der Waals surface area contributed by atoms with Gasteiger partial charge in [0, 0.05) is 23.7 Å². The van der Waals surface area contributed by atoms with Crippen LogP contribution in [0.25, 0.3) is 11.5 Å². The summed E-state index contributed by atoms with van der Waals surface area (Å²) < 4.78 is 36.6. The van der Waals surface area contributed by atoms with Crippen LogP contribution in [-0.4, -0.2) is 48.9 Å². The first-order valence-corrected chi connectivity index (χ1v) is 12.4. The van der Waals surface area contributed by atoms with Gasteiger partial charge in [0.05, 0.1) is 24.3 Å². The number of carbonyl (C=O) groups is 2. The third kappa shape index (κ3) is 6.56. The maximum absolute atomic E-state index is 12.6. The van der Waals surface area contributed by atoms with E-state index >= 15 is 0 Å². The fraction of sp³-hybridized carbons (Fsp3) is 0.238. The number of nitrogens with one attached hydrogen (secondary N) is 2. The van der Waals surface area contributed by atoms with Gasteiger partial charge in [-0.15, -0.1) is 10.2 Å². The zero-order chi connectivity index (χ0) is 24.0. The second-order valence-electron chi connectivity index (χ2n) is 6.76. The number of ether oxygens (including phenoxy) is 1. The average molecular weight is 491 g/mol. The molecule has 3 rings (SSSR count). The van der Waals surface area contributed by atoms with Gasteiger partial charge in [-0.2, -0.15) is 0 Å². The second-order valence-corrected chi connectivity index (χ2v) is 9.70. The fourth-order valence-electron chi connectivity index (χ4n) is 2.69. The number of anilines is 2. The monoisotopic (exact) mass is 490 g/mol. The SMILES string of the molecule is CCS(=O)(=O)Nc1ccc(-c2nnc(SCC(=O)c3ccc(NC(C)=O)c(OC)c3)o2)cc1. The van der Waals surface area contributed by atoms with E-state index in [0.29, 0.717) is 28.3 Å². The number of hydrogen-bond acceptors (Lipinski definition) is 9. The van der Waals surface area contributed by atoms with Crippen molar-refractivity contribution in [2.45, 2.75) is 19.1 Å². The Labute approximate surface area is 195 Å². The molecule has 0 bridgehead atoms. The Morgan fingerprint density at radius 2 is 1.85 bits per heavy atom. The number of benzene rings is 2. The number of thioether (sulfide) groups is 1. The summed E-state index contributed by atoms with van der Waals surface area (Å²) in [6, 6.07) is 11.3. The van der Waals surface area contributed by atoms with E-state index in [1.54, 1.807) is 49.4 Å². The molecule has 0 fully saturated rings. The number of aromatic nitrogens is 2. The molecule has 10 nitrogen and oxygen atoms in total. The molecule has 2 aromatic carbocycles. The summed E-state index contributed by atoms with van der Waals surface area (Å²) in [4.78, 5) is 23.8. The Hall–Kier alpha value is -3.38. The van der Waals surface area contributed by atoms with Crippen molar-refractivity contribution >= 4 is 44.9 Å². The van der Waals surface area contributed by atoms with Crippen molar-refractivity contribution in [3.8, 4) is 17.2 Å². The van der Waals surface area contributed by atoms with Gasteiger partial charge in [0.1, 0.15) is 5.75 Å². The molecular weight excluding hydrogens is 468 g/mol. The van der Waals surface area contributed by atoms with Crippen molar-refractivity contribution < 1.29 is 27.2 Å². The summed E-state index contributed by atoms with van der Waals surface area (Å²) in [7, 11) is -1.91. The third-order valence-electron chi connectivity index (χ3n) is 4.35. The molecule has 1 heterocycles. The number of Topliss-reactive ketones (excluding diaryl/α,β-unsaturated/α-hetero) is 1. The maximum atomic E-state index is 12.6. The molecule has 0 saturated carbocycles. The van der Waals surface area contributed by atoms with Gasteiger partial charge in [-0.3, -0.25) is 14.3 Å². The van der Waals surface area contributed by atoms with Gasteiger partial charge in [0.15, 0.2) is 5.78 Å². The van der Waals surface area contributed by atoms with E-state index in [2.05, 4.69) is 20.2 Å².